The lowest BCUT2D eigenvalue weighted by atomic mass is 9.94. The van der Waals surface area contributed by atoms with E-state index in [0.717, 1.165) is 0 Å². The summed E-state index contributed by atoms with van der Waals surface area (Å²) in [5.74, 6) is 0.0985. The van der Waals surface area contributed by atoms with Crippen molar-refractivity contribution in [1.29, 1.82) is 0 Å². The van der Waals surface area contributed by atoms with Crippen molar-refractivity contribution >= 4 is 19.1 Å². The molecule has 0 fully saturated rings. The van der Waals surface area contributed by atoms with Crippen molar-refractivity contribution in [2.75, 3.05) is 13.3 Å². The second kappa shape index (κ2) is 5.84. The van der Waals surface area contributed by atoms with Crippen molar-refractivity contribution in [3.8, 4) is 0 Å². The molecular formula is C15H24NOP. The number of amides is 1. The Morgan fingerprint density at radius 2 is 1.78 bits per heavy atom. The van der Waals surface area contributed by atoms with Crippen LogP contribution in [0.1, 0.15) is 39.3 Å². The first-order valence-corrected chi connectivity index (χ1v) is 8.54. The zero-order chi connectivity index (χ0) is 13.9. The monoisotopic (exact) mass is 265 g/mol. The van der Waals surface area contributed by atoms with Crippen LogP contribution in [0.15, 0.2) is 24.3 Å². The summed E-state index contributed by atoms with van der Waals surface area (Å²) in [4.78, 5) is 12.0. The summed E-state index contributed by atoms with van der Waals surface area (Å²) in [6.07, 6.45) is 0. The van der Waals surface area contributed by atoms with Crippen LogP contribution in [-0.2, 0) is 4.79 Å². The number of hydrogen-bond donors (Lipinski definition) is 1. The quantitative estimate of drug-likeness (QED) is 0.835. The van der Waals surface area contributed by atoms with Crippen LogP contribution in [0.3, 0.4) is 0 Å². The Morgan fingerprint density at radius 3 is 2.28 bits per heavy atom. The van der Waals surface area contributed by atoms with Gasteiger partial charge in [-0.2, -0.15) is 0 Å². The minimum Gasteiger partial charge on any atom is -0.349 e. The van der Waals surface area contributed by atoms with Gasteiger partial charge in [0.25, 0.3) is 0 Å². The zero-order valence-electron chi connectivity index (χ0n) is 12.2. The molecule has 100 valence electrons. The minimum atomic E-state index is -0.341. The van der Waals surface area contributed by atoms with E-state index in [9.17, 15) is 4.79 Å². The molecule has 0 bridgehead atoms. The third kappa shape index (κ3) is 3.81. The molecule has 0 aliphatic carbocycles. The highest BCUT2D eigenvalue weighted by molar-refractivity contribution is 7.64. The van der Waals surface area contributed by atoms with E-state index in [1.807, 2.05) is 26.8 Å². The summed E-state index contributed by atoms with van der Waals surface area (Å²) < 4.78 is 0. The van der Waals surface area contributed by atoms with E-state index in [1.54, 1.807) is 0 Å². The molecule has 2 nitrogen and oxygen atoms in total. The molecule has 1 N–H and O–H groups in total. The lowest BCUT2D eigenvalue weighted by molar-refractivity contribution is -0.129. The predicted octanol–water partition coefficient (Wildman–Crippen LogP) is 3.28. The predicted molar refractivity (Wildman–Crippen MR) is 80.9 cm³/mol. The first-order valence-electron chi connectivity index (χ1n) is 6.30. The van der Waals surface area contributed by atoms with Gasteiger partial charge in [-0.15, -0.1) is 0 Å². The van der Waals surface area contributed by atoms with Crippen molar-refractivity contribution in [1.82, 2.24) is 5.32 Å². The molecule has 1 rings (SSSR count). The maximum atomic E-state index is 12.0. The molecule has 0 heterocycles. The summed E-state index contributed by atoms with van der Waals surface area (Å²) in [6, 6.07) is 8.46. The maximum Gasteiger partial charge on any atom is 0.225 e. The third-order valence-electron chi connectivity index (χ3n) is 2.91. The molecule has 0 aromatic heterocycles. The van der Waals surface area contributed by atoms with Gasteiger partial charge in [0.1, 0.15) is 0 Å². The average Bonchev–Trinajstić information content (AvgIpc) is 2.27. The molecule has 0 unspecified atom stereocenters. The topological polar surface area (TPSA) is 29.1 Å². The number of nitrogens with one attached hydrogen (secondary N) is 1. The summed E-state index contributed by atoms with van der Waals surface area (Å²) >= 11 is 0. The molecule has 3 heteroatoms. The Morgan fingerprint density at radius 1 is 1.22 bits per heavy atom. The number of rotatable bonds is 3. The maximum absolute atomic E-state index is 12.0. The van der Waals surface area contributed by atoms with E-state index >= 15 is 0 Å². The van der Waals surface area contributed by atoms with Gasteiger partial charge in [0.2, 0.25) is 5.91 Å². The molecule has 18 heavy (non-hydrogen) atoms. The van der Waals surface area contributed by atoms with E-state index in [1.165, 1.54) is 10.9 Å². The number of benzene rings is 1. The van der Waals surface area contributed by atoms with Crippen LogP contribution in [0.2, 0.25) is 0 Å². The first kappa shape index (κ1) is 15.2. The SMILES string of the molecule is C[C@@H](NC(=O)C(C)(C)C)c1ccccc1P(C)C. The van der Waals surface area contributed by atoms with Gasteiger partial charge in [0, 0.05) is 5.41 Å². The fraction of sp³-hybridized carbons (Fsp3) is 0.533. The first-order chi connectivity index (χ1) is 8.23. The molecule has 1 amide bonds. The van der Waals surface area contributed by atoms with E-state index in [4.69, 9.17) is 0 Å². The van der Waals surface area contributed by atoms with Crippen molar-refractivity contribution in [2.45, 2.75) is 33.7 Å². The standard InChI is InChI=1S/C15H24NOP/c1-11(16-14(17)15(2,3)4)12-9-7-8-10-13(12)18(5)6/h7-11H,1-6H3,(H,16,17)/t11-/m1/s1. The van der Waals surface area contributed by atoms with E-state index in [0.29, 0.717) is 0 Å². The average molecular weight is 265 g/mol. The van der Waals surface area contributed by atoms with Crippen LogP contribution in [0.5, 0.6) is 0 Å². The smallest absolute Gasteiger partial charge is 0.225 e. The van der Waals surface area contributed by atoms with E-state index in [2.05, 4.69) is 43.8 Å². The normalized spacial score (nSPS) is 13.5. The summed E-state index contributed by atoms with van der Waals surface area (Å²) in [5, 5.41) is 4.47. The Balaban J connectivity index is 2.91. The van der Waals surface area contributed by atoms with Crippen molar-refractivity contribution in [3.63, 3.8) is 0 Å². The van der Waals surface area contributed by atoms with Gasteiger partial charge in [0.15, 0.2) is 0 Å². The highest BCUT2D eigenvalue weighted by Crippen LogP contribution is 2.28. The van der Waals surface area contributed by atoms with Crippen LogP contribution in [0.25, 0.3) is 0 Å². The Hall–Kier alpha value is -0.880. The molecule has 0 saturated carbocycles. The minimum absolute atomic E-state index is 0.0674. The van der Waals surface area contributed by atoms with Gasteiger partial charge < -0.3 is 5.32 Å². The highest BCUT2D eigenvalue weighted by atomic mass is 31.1. The largest absolute Gasteiger partial charge is 0.349 e. The van der Waals surface area contributed by atoms with Crippen LogP contribution in [-0.4, -0.2) is 19.2 Å². The highest BCUT2D eigenvalue weighted by Gasteiger charge is 2.23. The lowest BCUT2D eigenvalue weighted by Crippen LogP contribution is -2.37. The Bertz CT molecular complexity index is 421. The van der Waals surface area contributed by atoms with Crippen molar-refractivity contribution in [2.24, 2.45) is 5.41 Å². The summed E-state index contributed by atoms with van der Waals surface area (Å²) in [7, 11) is -0.153. The van der Waals surface area contributed by atoms with Crippen molar-refractivity contribution < 1.29 is 4.79 Å². The van der Waals surface area contributed by atoms with Crippen LogP contribution < -0.4 is 10.6 Å². The molecule has 0 aliphatic heterocycles. The Kier molecular flexibility index (Phi) is 4.92. The number of carbonyl (C=O) groups is 1. The molecule has 1 aromatic carbocycles. The van der Waals surface area contributed by atoms with E-state index in [-0.39, 0.29) is 25.3 Å². The third-order valence-corrected chi connectivity index (χ3v) is 4.28. The lowest BCUT2D eigenvalue weighted by Gasteiger charge is -2.24. The van der Waals surface area contributed by atoms with Gasteiger partial charge in [-0.05, 0) is 31.1 Å². The van der Waals surface area contributed by atoms with E-state index < -0.39 is 0 Å². The molecule has 1 aromatic rings. The molecular weight excluding hydrogens is 241 g/mol. The van der Waals surface area contributed by atoms with Gasteiger partial charge >= 0.3 is 0 Å². The molecule has 1 atom stereocenters. The van der Waals surface area contributed by atoms with Crippen molar-refractivity contribution in [3.05, 3.63) is 29.8 Å². The number of hydrogen-bond acceptors (Lipinski definition) is 1. The van der Waals surface area contributed by atoms with Crippen LogP contribution in [0.4, 0.5) is 0 Å². The molecule has 0 saturated heterocycles. The summed E-state index contributed by atoms with van der Waals surface area (Å²) in [5.41, 5.74) is 0.901. The number of carbonyl (C=O) groups excluding carboxylic acids is 1. The van der Waals surface area contributed by atoms with Crippen LogP contribution in [0, 0.1) is 5.41 Å². The fourth-order valence-electron chi connectivity index (χ4n) is 1.75. The van der Waals surface area contributed by atoms with Gasteiger partial charge in [-0.3, -0.25) is 4.79 Å². The molecule has 0 spiro atoms. The zero-order valence-corrected chi connectivity index (χ0v) is 13.1. The second-order valence-corrected chi connectivity index (χ2v) is 8.17. The fourth-order valence-corrected chi connectivity index (χ4v) is 2.92. The van der Waals surface area contributed by atoms with Gasteiger partial charge in [-0.1, -0.05) is 53.0 Å². The summed E-state index contributed by atoms with van der Waals surface area (Å²) in [6.45, 7) is 12.4. The van der Waals surface area contributed by atoms with Crippen LogP contribution >= 0.6 is 7.92 Å². The van der Waals surface area contributed by atoms with Gasteiger partial charge in [-0.25, -0.2) is 0 Å². The Labute approximate surface area is 112 Å². The second-order valence-electron chi connectivity index (χ2n) is 5.90. The molecule has 0 radical (unpaired) electrons. The molecule has 0 aliphatic rings. The van der Waals surface area contributed by atoms with Gasteiger partial charge in [0.05, 0.1) is 6.04 Å².